The normalized spacial score (nSPS) is 28.2. The first kappa shape index (κ1) is 9.22. The maximum absolute atomic E-state index is 5.99. The SMILES string of the molecule is CC1=C(C)CC2(CCNCC2)OC1. The fourth-order valence-electron chi connectivity index (χ4n) is 2.27. The van der Waals surface area contributed by atoms with Crippen molar-refractivity contribution in [3.8, 4) is 0 Å². The standard InChI is InChI=1S/C11H19NO/c1-9-7-11(13-8-10(9)2)3-5-12-6-4-11/h12H,3-8H2,1-2H3. The van der Waals surface area contributed by atoms with Gasteiger partial charge in [-0.3, -0.25) is 0 Å². The molecule has 0 saturated carbocycles. The van der Waals surface area contributed by atoms with Gasteiger partial charge >= 0.3 is 0 Å². The van der Waals surface area contributed by atoms with Crippen LogP contribution in [0.2, 0.25) is 0 Å². The summed E-state index contributed by atoms with van der Waals surface area (Å²) in [6, 6.07) is 0. The first-order valence-electron chi connectivity index (χ1n) is 5.22. The largest absolute Gasteiger partial charge is 0.370 e. The highest BCUT2D eigenvalue weighted by molar-refractivity contribution is 5.17. The van der Waals surface area contributed by atoms with E-state index in [1.165, 1.54) is 18.4 Å². The third kappa shape index (κ3) is 1.79. The average molecular weight is 181 g/mol. The van der Waals surface area contributed by atoms with Gasteiger partial charge in [0.1, 0.15) is 0 Å². The molecule has 0 unspecified atom stereocenters. The molecule has 0 aromatic carbocycles. The molecule has 1 N–H and O–H groups in total. The molecule has 13 heavy (non-hydrogen) atoms. The lowest BCUT2D eigenvalue weighted by Crippen LogP contribution is -2.46. The van der Waals surface area contributed by atoms with E-state index >= 15 is 0 Å². The van der Waals surface area contributed by atoms with E-state index in [9.17, 15) is 0 Å². The molecule has 0 radical (unpaired) electrons. The molecular formula is C11H19NO. The van der Waals surface area contributed by atoms with Crippen LogP contribution in [0.15, 0.2) is 11.1 Å². The Balaban J connectivity index is 2.09. The zero-order valence-electron chi connectivity index (χ0n) is 8.65. The summed E-state index contributed by atoms with van der Waals surface area (Å²) in [5, 5.41) is 3.39. The predicted octanol–water partition coefficient (Wildman–Crippen LogP) is 1.87. The Morgan fingerprint density at radius 1 is 1.15 bits per heavy atom. The van der Waals surface area contributed by atoms with Crippen molar-refractivity contribution in [2.24, 2.45) is 0 Å². The minimum atomic E-state index is 0.189. The van der Waals surface area contributed by atoms with E-state index in [2.05, 4.69) is 19.2 Å². The topological polar surface area (TPSA) is 21.3 Å². The highest BCUT2D eigenvalue weighted by Crippen LogP contribution is 2.35. The molecule has 2 aliphatic rings. The minimum Gasteiger partial charge on any atom is -0.370 e. The Hall–Kier alpha value is -0.340. The van der Waals surface area contributed by atoms with E-state index in [1.807, 2.05) is 0 Å². The number of rotatable bonds is 0. The van der Waals surface area contributed by atoms with E-state index in [-0.39, 0.29) is 5.60 Å². The van der Waals surface area contributed by atoms with Crippen LogP contribution in [0.4, 0.5) is 0 Å². The first-order valence-corrected chi connectivity index (χ1v) is 5.22. The van der Waals surface area contributed by atoms with E-state index in [4.69, 9.17) is 4.74 Å². The van der Waals surface area contributed by atoms with Crippen LogP contribution in [0.3, 0.4) is 0 Å². The molecule has 2 rings (SSSR count). The van der Waals surface area contributed by atoms with Gasteiger partial charge in [0.25, 0.3) is 0 Å². The molecule has 0 atom stereocenters. The molecule has 2 heteroatoms. The van der Waals surface area contributed by atoms with Crippen LogP contribution in [-0.2, 0) is 4.74 Å². The lowest BCUT2D eigenvalue weighted by Gasteiger charge is -2.41. The highest BCUT2D eigenvalue weighted by atomic mass is 16.5. The molecule has 0 amide bonds. The van der Waals surface area contributed by atoms with Crippen LogP contribution in [0, 0.1) is 0 Å². The number of ether oxygens (including phenoxy) is 1. The third-order valence-electron chi connectivity index (χ3n) is 3.43. The summed E-state index contributed by atoms with van der Waals surface area (Å²) in [6.45, 7) is 7.52. The molecule has 1 fully saturated rings. The lowest BCUT2D eigenvalue weighted by atomic mass is 9.83. The van der Waals surface area contributed by atoms with Crippen LogP contribution in [0.25, 0.3) is 0 Å². The van der Waals surface area contributed by atoms with Gasteiger partial charge in [-0.15, -0.1) is 0 Å². The van der Waals surface area contributed by atoms with Gasteiger partial charge in [-0.25, -0.2) is 0 Å². The third-order valence-corrected chi connectivity index (χ3v) is 3.43. The summed E-state index contributed by atoms with van der Waals surface area (Å²) in [7, 11) is 0. The zero-order chi connectivity index (χ0) is 9.31. The molecule has 0 bridgehead atoms. The second-order valence-electron chi connectivity index (χ2n) is 4.46. The monoisotopic (exact) mass is 181 g/mol. The van der Waals surface area contributed by atoms with E-state index < -0.39 is 0 Å². The molecule has 0 aromatic rings. The van der Waals surface area contributed by atoms with E-state index in [1.54, 1.807) is 5.57 Å². The Bertz CT molecular complexity index is 226. The zero-order valence-corrected chi connectivity index (χ0v) is 8.65. The molecular weight excluding hydrogens is 162 g/mol. The van der Waals surface area contributed by atoms with Crippen LogP contribution >= 0.6 is 0 Å². The Labute approximate surface area is 80.4 Å². The fraction of sp³-hybridized carbons (Fsp3) is 0.818. The summed E-state index contributed by atoms with van der Waals surface area (Å²) >= 11 is 0. The summed E-state index contributed by atoms with van der Waals surface area (Å²) in [6.07, 6.45) is 3.51. The van der Waals surface area contributed by atoms with Crippen molar-refractivity contribution in [3.63, 3.8) is 0 Å². The molecule has 1 saturated heterocycles. The summed E-state index contributed by atoms with van der Waals surface area (Å²) in [4.78, 5) is 0. The Morgan fingerprint density at radius 3 is 2.46 bits per heavy atom. The second kappa shape index (κ2) is 3.43. The van der Waals surface area contributed by atoms with Crippen molar-refractivity contribution in [1.82, 2.24) is 5.32 Å². The van der Waals surface area contributed by atoms with Crippen molar-refractivity contribution < 1.29 is 4.74 Å². The van der Waals surface area contributed by atoms with E-state index in [0.717, 1.165) is 26.1 Å². The maximum Gasteiger partial charge on any atom is 0.0748 e. The number of hydrogen-bond donors (Lipinski definition) is 1. The van der Waals surface area contributed by atoms with Gasteiger partial charge in [0.05, 0.1) is 12.2 Å². The van der Waals surface area contributed by atoms with Crippen LogP contribution in [0.1, 0.15) is 33.1 Å². The van der Waals surface area contributed by atoms with Crippen molar-refractivity contribution >= 4 is 0 Å². The van der Waals surface area contributed by atoms with Gasteiger partial charge < -0.3 is 10.1 Å². The van der Waals surface area contributed by atoms with Crippen molar-refractivity contribution in [2.75, 3.05) is 19.7 Å². The van der Waals surface area contributed by atoms with Gasteiger partial charge in [-0.05, 0) is 51.8 Å². The smallest absolute Gasteiger partial charge is 0.0748 e. The Morgan fingerprint density at radius 2 is 1.85 bits per heavy atom. The summed E-state index contributed by atoms with van der Waals surface area (Å²) in [5.41, 5.74) is 3.17. The van der Waals surface area contributed by atoms with Crippen molar-refractivity contribution in [1.29, 1.82) is 0 Å². The van der Waals surface area contributed by atoms with E-state index in [0.29, 0.717) is 0 Å². The Kier molecular flexibility index (Phi) is 2.43. The average Bonchev–Trinajstić information content (AvgIpc) is 2.14. The van der Waals surface area contributed by atoms with Crippen molar-refractivity contribution in [2.45, 2.75) is 38.7 Å². The lowest BCUT2D eigenvalue weighted by molar-refractivity contribution is -0.0638. The van der Waals surface area contributed by atoms with Crippen LogP contribution < -0.4 is 5.32 Å². The van der Waals surface area contributed by atoms with Gasteiger partial charge in [0.2, 0.25) is 0 Å². The summed E-state index contributed by atoms with van der Waals surface area (Å²) in [5.74, 6) is 0. The van der Waals surface area contributed by atoms with Gasteiger partial charge in [-0.1, -0.05) is 5.57 Å². The van der Waals surface area contributed by atoms with Crippen molar-refractivity contribution in [3.05, 3.63) is 11.1 Å². The fourth-order valence-corrected chi connectivity index (χ4v) is 2.27. The number of piperidine rings is 1. The molecule has 1 spiro atoms. The van der Waals surface area contributed by atoms with Gasteiger partial charge in [-0.2, -0.15) is 0 Å². The van der Waals surface area contributed by atoms with Gasteiger partial charge in [0.15, 0.2) is 0 Å². The molecule has 2 nitrogen and oxygen atoms in total. The molecule has 0 aliphatic carbocycles. The molecule has 0 aromatic heterocycles. The molecule has 74 valence electrons. The molecule has 2 aliphatic heterocycles. The first-order chi connectivity index (χ1) is 6.22. The highest BCUT2D eigenvalue weighted by Gasteiger charge is 2.35. The predicted molar refractivity (Wildman–Crippen MR) is 53.8 cm³/mol. The quantitative estimate of drug-likeness (QED) is 0.576. The second-order valence-corrected chi connectivity index (χ2v) is 4.46. The molecule has 2 heterocycles. The minimum absolute atomic E-state index is 0.189. The number of nitrogens with one attached hydrogen (secondary N) is 1. The van der Waals surface area contributed by atoms with Crippen LogP contribution in [-0.4, -0.2) is 25.3 Å². The van der Waals surface area contributed by atoms with Gasteiger partial charge in [0, 0.05) is 0 Å². The summed E-state index contributed by atoms with van der Waals surface area (Å²) < 4.78 is 5.99. The van der Waals surface area contributed by atoms with Crippen LogP contribution in [0.5, 0.6) is 0 Å². The number of hydrogen-bond acceptors (Lipinski definition) is 2. The maximum atomic E-state index is 5.99.